The number of amides is 2. The molecule has 0 unspecified atom stereocenters. The van der Waals surface area contributed by atoms with E-state index in [0.717, 1.165) is 46.8 Å². The highest BCUT2D eigenvalue weighted by atomic mass is 16.2. The number of hydrogen-bond donors (Lipinski definition) is 1. The number of nitrogens with zero attached hydrogens (tertiary/aromatic N) is 4. The Labute approximate surface area is 188 Å². The van der Waals surface area contributed by atoms with Crippen molar-refractivity contribution in [2.24, 2.45) is 0 Å². The van der Waals surface area contributed by atoms with Crippen molar-refractivity contribution in [1.82, 2.24) is 24.8 Å². The van der Waals surface area contributed by atoms with Crippen molar-refractivity contribution >= 4 is 17.5 Å². The number of carbonyl (C=O) groups is 2. The molecule has 1 saturated heterocycles. The van der Waals surface area contributed by atoms with Gasteiger partial charge in [-0.3, -0.25) is 9.59 Å². The lowest BCUT2D eigenvalue weighted by molar-refractivity contribution is -0.127. The summed E-state index contributed by atoms with van der Waals surface area (Å²) in [5.74, 6) is 0.390. The zero-order valence-electron chi connectivity index (χ0n) is 19.3. The fourth-order valence-electron chi connectivity index (χ4n) is 4.43. The normalized spacial score (nSPS) is 16.0. The first-order valence-corrected chi connectivity index (χ1v) is 11.3. The molecule has 0 aliphatic carbocycles. The number of likely N-dealkylation sites (tertiary alicyclic amines) is 1. The van der Waals surface area contributed by atoms with E-state index in [1.165, 1.54) is 5.56 Å². The third-order valence-corrected chi connectivity index (χ3v) is 6.45. The molecule has 1 atom stereocenters. The standard InChI is InChI=1S/C25H31N5O2/c1-16-5-7-20(8-6-16)14-26-25(32)10-9-22-17(2)27-24-13-23(28-30(24)18(22)3)21-11-12-29(15-21)19(4)31/h5-8,13,21H,9-12,14-15H2,1-4H3,(H,26,32)/t21-/m1/s1. The SMILES string of the molecule is CC(=O)N1CC[C@@H](c2cc3nc(C)c(CCC(=O)NCc4ccc(C)cc4)c(C)n3n2)C1. The molecule has 0 radical (unpaired) electrons. The van der Waals surface area contributed by atoms with Crippen LogP contribution in [0.4, 0.5) is 0 Å². The fraction of sp³-hybridized carbons (Fsp3) is 0.440. The summed E-state index contributed by atoms with van der Waals surface area (Å²) in [5, 5.41) is 7.82. The molecular formula is C25H31N5O2. The summed E-state index contributed by atoms with van der Waals surface area (Å²) in [6, 6.07) is 10.2. The van der Waals surface area contributed by atoms with E-state index >= 15 is 0 Å². The van der Waals surface area contributed by atoms with Gasteiger partial charge >= 0.3 is 0 Å². The van der Waals surface area contributed by atoms with Crippen molar-refractivity contribution in [1.29, 1.82) is 0 Å². The van der Waals surface area contributed by atoms with E-state index in [4.69, 9.17) is 10.1 Å². The van der Waals surface area contributed by atoms with Crippen LogP contribution in [0.5, 0.6) is 0 Å². The first kappa shape index (κ1) is 22.0. The zero-order valence-corrected chi connectivity index (χ0v) is 19.3. The quantitative estimate of drug-likeness (QED) is 0.647. The molecule has 7 heteroatoms. The number of nitrogens with one attached hydrogen (secondary N) is 1. The molecule has 168 valence electrons. The number of aryl methyl sites for hydroxylation is 3. The number of benzene rings is 1. The van der Waals surface area contributed by atoms with E-state index in [1.807, 2.05) is 41.5 Å². The van der Waals surface area contributed by atoms with Gasteiger partial charge in [0, 0.05) is 56.4 Å². The maximum atomic E-state index is 12.4. The molecule has 32 heavy (non-hydrogen) atoms. The van der Waals surface area contributed by atoms with Gasteiger partial charge in [-0.2, -0.15) is 5.10 Å². The summed E-state index contributed by atoms with van der Waals surface area (Å²) in [5.41, 5.74) is 7.13. The molecule has 0 bridgehead atoms. The van der Waals surface area contributed by atoms with Gasteiger partial charge in [-0.25, -0.2) is 9.50 Å². The maximum absolute atomic E-state index is 12.4. The smallest absolute Gasteiger partial charge is 0.220 e. The molecule has 1 aromatic carbocycles. The summed E-state index contributed by atoms with van der Waals surface area (Å²) in [6.07, 6.45) is 1.96. The van der Waals surface area contributed by atoms with Gasteiger partial charge in [-0.15, -0.1) is 0 Å². The third kappa shape index (κ3) is 4.66. The van der Waals surface area contributed by atoms with Gasteiger partial charge in [0.25, 0.3) is 0 Å². The number of carbonyl (C=O) groups excluding carboxylic acids is 2. The summed E-state index contributed by atoms with van der Waals surface area (Å²) in [7, 11) is 0. The van der Waals surface area contributed by atoms with Crippen molar-refractivity contribution in [3.8, 4) is 0 Å². The topological polar surface area (TPSA) is 79.6 Å². The minimum absolute atomic E-state index is 0.0286. The predicted octanol–water partition coefficient (Wildman–Crippen LogP) is 3.24. The highest BCUT2D eigenvalue weighted by Gasteiger charge is 2.28. The Bertz CT molecular complexity index is 1150. The number of hydrogen-bond acceptors (Lipinski definition) is 4. The Morgan fingerprint density at radius 2 is 1.91 bits per heavy atom. The van der Waals surface area contributed by atoms with Gasteiger partial charge in [0.1, 0.15) is 0 Å². The van der Waals surface area contributed by atoms with E-state index in [0.29, 0.717) is 25.9 Å². The van der Waals surface area contributed by atoms with Crippen LogP contribution >= 0.6 is 0 Å². The first-order valence-electron chi connectivity index (χ1n) is 11.3. The second-order valence-electron chi connectivity index (χ2n) is 8.81. The lowest BCUT2D eigenvalue weighted by atomic mass is 10.1. The van der Waals surface area contributed by atoms with Crippen LogP contribution in [0.15, 0.2) is 30.3 Å². The van der Waals surface area contributed by atoms with Gasteiger partial charge < -0.3 is 10.2 Å². The van der Waals surface area contributed by atoms with E-state index in [-0.39, 0.29) is 17.7 Å². The number of fused-ring (bicyclic) bond motifs is 1. The highest BCUT2D eigenvalue weighted by molar-refractivity contribution is 5.76. The third-order valence-electron chi connectivity index (χ3n) is 6.45. The molecule has 1 aliphatic rings. The molecule has 1 N–H and O–H groups in total. The highest BCUT2D eigenvalue weighted by Crippen LogP contribution is 2.28. The van der Waals surface area contributed by atoms with Crippen LogP contribution in [0.3, 0.4) is 0 Å². The van der Waals surface area contributed by atoms with Crippen LogP contribution in [0.1, 0.15) is 59.5 Å². The fourth-order valence-corrected chi connectivity index (χ4v) is 4.43. The van der Waals surface area contributed by atoms with Crippen molar-refractivity contribution < 1.29 is 9.59 Å². The summed E-state index contributed by atoms with van der Waals surface area (Å²) in [6.45, 7) is 9.73. The van der Waals surface area contributed by atoms with Crippen LogP contribution in [0.2, 0.25) is 0 Å². The Balaban J connectivity index is 1.43. The van der Waals surface area contributed by atoms with Crippen molar-refractivity contribution in [3.05, 3.63) is 64.1 Å². The van der Waals surface area contributed by atoms with Crippen LogP contribution in [-0.2, 0) is 22.6 Å². The molecule has 3 heterocycles. The van der Waals surface area contributed by atoms with E-state index in [1.54, 1.807) is 6.92 Å². The van der Waals surface area contributed by atoms with E-state index in [9.17, 15) is 9.59 Å². The summed E-state index contributed by atoms with van der Waals surface area (Å²) >= 11 is 0. The molecule has 3 aromatic rings. The molecule has 4 rings (SSSR count). The predicted molar refractivity (Wildman–Crippen MR) is 123 cm³/mol. The monoisotopic (exact) mass is 433 g/mol. The van der Waals surface area contributed by atoms with Gasteiger partial charge in [-0.1, -0.05) is 29.8 Å². The molecule has 7 nitrogen and oxygen atoms in total. The van der Waals surface area contributed by atoms with Crippen molar-refractivity contribution in [2.75, 3.05) is 13.1 Å². The van der Waals surface area contributed by atoms with Gasteiger partial charge in [-0.05, 0) is 44.7 Å². The van der Waals surface area contributed by atoms with Crippen molar-refractivity contribution in [3.63, 3.8) is 0 Å². The van der Waals surface area contributed by atoms with Crippen LogP contribution in [0.25, 0.3) is 5.65 Å². The minimum Gasteiger partial charge on any atom is -0.352 e. The molecule has 1 fully saturated rings. The molecule has 2 aromatic heterocycles. The first-order chi connectivity index (χ1) is 15.3. The average Bonchev–Trinajstić information content (AvgIpc) is 3.40. The Kier molecular flexibility index (Phi) is 6.26. The molecule has 2 amide bonds. The Morgan fingerprint density at radius 1 is 1.16 bits per heavy atom. The minimum atomic E-state index is 0.0286. The molecule has 0 spiro atoms. The Morgan fingerprint density at radius 3 is 2.59 bits per heavy atom. The van der Waals surface area contributed by atoms with Crippen LogP contribution < -0.4 is 5.32 Å². The average molecular weight is 434 g/mol. The van der Waals surface area contributed by atoms with Crippen molar-refractivity contribution in [2.45, 2.75) is 59.4 Å². The molecule has 0 saturated carbocycles. The maximum Gasteiger partial charge on any atom is 0.220 e. The summed E-state index contributed by atoms with van der Waals surface area (Å²) in [4.78, 5) is 30.7. The molecular weight excluding hydrogens is 402 g/mol. The van der Waals surface area contributed by atoms with E-state index in [2.05, 4.69) is 24.4 Å². The largest absolute Gasteiger partial charge is 0.352 e. The lowest BCUT2D eigenvalue weighted by Crippen LogP contribution is -2.25. The van der Waals surface area contributed by atoms with E-state index < -0.39 is 0 Å². The summed E-state index contributed by atoms with van der Waals surface area (Å²) < 4.78 is 1.89. The lowest BCUT2D eigenvalue weighted by Gasteiger charge is -2.12. The number of aromatic nitrogens is 3. The molecule has 1 aliphatic heterocycles. The Hall–Kier alpha value is -3.22. The van der Waals surface area contributed by atoms with Crippen LogP contribution in [0, 0.1) is 20.8 Å². The van der Waals surface area contributed by atoms with Gasteiger partial charge in [0.2, 0.25) is 11.8 Å². The zero-order chi connectivity index (χ0) is 22.8. The second-order valence-corrected chi connectivity index (χ2v) is 8.81. The van der Waals surface area contributed by atoms with Gasteiger partial charge in [0.05, 0.1) is 5.69 Å². The second kappa shape index (κ2) is 9.10. The van der Waals surface area contributed by atoms with Gasteiger partial charge in [0.15, 0.2) is 5.65 Å². The number of rotatable bonds is 6. The van der Waals surface area contributed by atoms with Crippen LogP contribution in [-0.4, -0.2) is 44.4 Å².